The first-order valence-corrected chi connectivity index (χ1v) is 13.2. The molecule has 0 saturated heterocycles. The molecular weight excluding hydrogens is 492 g/mol. The Morgan fingerprint density at radius 3 is 2.62 bits per heavy atom. The van der Waals surface area contributed by atoms with Gasteiger partial charge >= 0.3 is 0 Å². The summed E-state index contributed by atoms with van der Waals surface area (Å²) < 4.78 is 12.9. The van der Waals surface area contributed by atoms with E-state index in [1.807, 2.05) is 53.2 Å². The lowest BCUT2D eigenvalue weighted by Crippen LogP contribution is -2.28. The number of aromatic amines is 1. The van der Waals surface area contributed by atoms with Crippen LogP contribution in [0.4, 0.5) is 0 Å². The number of hydrogen-bond acceptors (Lipinski definition) is 7. The average Bonchev–Trinajstić information content (AvgIpc) is 3.61. The van der Waals surface area contributed by atoms with Crippen LogP contribution in [0.5, 0.6) is 11.5 Å². The molecule has 0 saturated carbocycles. The Balaban J connectivity index is 1.28. The Labute approximate surface area is 226 Å². The van der Waals surface area contributed by atoms with Crippen LogP contribution in [-0.2, 0) is 39.0 Å². The van der Waals surface area contributed by atoms with Crippen LogP contribution in [-0.4, -0.2) is 36.9 Å². The van der Waals surface area contributed by atoms with Crippen LogP contribution in [0, 0.1) is 0 Å². The molecule has 0 fully saturated rings. The molecule has 0 unspecified atom stereocenters. The SMILES string of the molecule is CCc1ccc2[nH]c(=O)c(CN(Cc3ccc4c(c3)OCO4)Cc3nnnn3CCc3ccccc3)cc2c1. The fourth-order valence-electron chi connectivity index (χ4n) is 4.93. The molecule has 1 N–H and O–H groups in total. The first-order chi connectivity index (χ1) is 19.1. The zero-order valence-corrected chi connectivity index (χ0v) is 21.8. The Kier molecular flexibility index (Phi) is 7.05. The molecule has 0 radical (unpaired) electrons. The third-order valence-corrected chi connectivity index (χ3v) is 7.06. The van der Waals surface area contributed by atoms with Gasteiger partial charge in [0.25, 0.3) is 5.56 Å². The van der Waals surface area contributed by atoms with Gasteiger partial charge in [0.05, 0.1) is 6.54 Å². The maximum atomic E-state index is 13.1. The van der Waals surface area contributed by atoms with E-state index in [1.165, 1.54) is 11.1 Å². The van der Waals surface area contributed by atoms with Gasteiger partial charge in [0.15, 0.2) is 17.3 Å². The van der Waals surface area contributed by atoms with E-state index < -0.39 is 0 Å². The van der Waals surface area contributed by atoms with Gasteiger partial charge in [-0.25, -0.2) is 4.68 Å². The van der Waals surface area contributed by atoms with Crippen LogP contribution in [0.2, 0.25) is 0 Å². The molecular formula is C30H30N6O3. The minimum Gasteiger partial charge on any atom is -0.454 e. The molecule has 6 rings (SSSR count). The fourth-order valence-corrected chi connectivity index (χ4v) is 4.93. The summed E-state index contributed by atoms with van der Waals surface area (Å²) in [5.74, 6) is 2.22. The Bertz CT molecular complexity index is 1650. The third-order valence-electron chi connectivity index (χ3n) is 7.06. The summed E-state index contributed by atoms with van der Waals surface area (Å²) in [6.45, 7) is 4.51. The van der Waals surface area contributed by atoms with Gasteiger partial charge in [-0.3, -0.25) is 9.69 Å². The molecule has 2 aromatic heterocycles. The van der Waals surface area contributed by atoms with Gasteiger partial charge in [-0.15, -0.1) is 5.10 Å². The molecule has 5 aromatic rings. The van der Waals surface area contributed by atoms with Crippen LogP contribution >= 0.6 is 0 Å². The summed E-state index contributed by atoms with van der Waals surface area (Å²) in [5, 5.41) is 13.6. The van der Waals surface area contributed by atoms with Gasteiger partial charge in [0.2, 0.25) is 6.79 Å². The second-order valence-electron chi connectivity index (χ2n) is 9.79. The van der Waals surface area contributed by atoms with Crippen molar-refractivity contribution in [3.05, 3.63) is 111 Å². The Morgan fingerprint density at radius 1 is 0.897 bits per heavy atom. The zero-order chi connectivity index (χ0) is 26.6. The van der Waals surface area contributed by atoms with Crippen molar-refractivity contribution < 1.29 is 9.47 Å². The van der Waals surface area contributed by atoms with Crippen molar-refractivity contribution in [2.24, 2.45) is 0 Å². The number of hydrogen-bond donors (Lipinski definition) is 1. The van der Waals surface area contributed by atoms with Gasteiger partial charge in [0.1, 0.15) is 0 Å². The monoisotopic (exact) mass is 522 g/mol. The zero-order valence-electron chi connectivity index (χ0n) is 21.8. The van der Waals surface area contributed by atoms with Crippen LogP contribution < -0.4 is 15.0 Å². The molecule has 9 nitrogen and oxygen atoms in total. The fraction of sp³-hybridized carbons (Fsp3) is 0.267. The standard InChI is InChI=1S/C30H30N6O3/c1-2-21-8-10-26-24(14-21)16-25(30(37)31-26)18-35(17-23-9-11-27-28(15-23)39-20-38-27)19-29-32-33-34-36(29)13-12-22-6-4-3-5-7-22/h3-11,14-16H,2,12-13,17-20H2,1H3,(H,31,37). The summed E-state index contributed by atoms with van der Waals surface area (Å²) in [6.07, 6.45) is 1.76. The third kappa shape index (κ3) is 5.68. The highest BCUT2D eigenvalue weighted by atomic mass is 16.7. The predicted molar refractivity (Wildman–Crippen MR) is 147 cm³/mol. The Morgan fingerprint density at radius 2 is 1.74 bits per heavy atom. The van der Waals surface area contributed by atoms with Crippen LogP contribution in [0.3, 0.4) is 0 Å². The molecule has 0 amide bonds. The van der Waals surface area contributed by atoms with Crippen molar-refractivity contribution in [1.82, 2.24) is 30.1 Å². The number of rotatable bonds is 10. The summed E-state index contributed by atoms with van der Waals surface area (Å²) in [5.41, 5.74) is 4.95. The largest absolute Gasteiger partial charge is 0.454 e. The molecule has 0 spiro atoms. The lowest BCUT2D eigenvalue weighted by atomic mass is 10.1. The minimum absolute atomic E-state index is 0.0916. The number of tetrazole rings is 1. The minimum atomic E-state index is -0.0916. The summed E-state index contributed by atoms with van der Waals surface area (Å²) in [4.78, 5) is 18.3. The van der Waals surface area contributed by atoms with E-state index in [4.69, 9.17) is 9.47 Å². The molecule has 39 heavy (non-hydrogen) atoms. The molecule has 0 bridgehead atoms. The van der Waals surface area contributed by atoms with E-state index in [2.05, 4.69) is 56.6 Å². The summed E-state index contributed by atoms with van der Waals surface area (Å²) in [6, 6.07) is 24.4. The van der Waals surface area contributed by atoms with E-state index in [9.17, 15) is 4.79 Å². The van der Waals surface area contributed by atoms with Gasteiger partial charge in [-0.1, -0.05) is 49.4 Å². The van der Waals surface area contributed by atoms with Crippen molar-refractivity contribution in [2.45, 2.75) is 45.9 Å². The van der Waals surface area contributed by atoms with Crippen molar-refractivity contribution in [1.29, 1.82) is 0 Å². The molecule has 198 valence electrons. The van der Waals surface area contributed by atoms with Gasteiger partial charge in [-0.2, -0.15) is 0 Å². The highest BCUT2D eigenvalue weighted by Crippen LogP contribution is 2.33. The van der Waals surface area contributed by atoms with Crippen molar-refractivity contribution in [3.63, 3.8) is 0 Å². The number of H-pyrrole nitrogens is 1. The number of ether oxygens (including phenoxy) is 2. The highest BCUT2D eigenvalue weighted by Gasteiger charge is 2.18. The normalized spacial score (nSPS) is 12.5. The summed E-state index contributed by atoms with van der Waals surface area (Å²) in [7, 11) is 0. The smallest absolute Gasteiger partial charge is 0.252 e. The molecule has 0 atom stereocenters. The number of aromatic nitrogens is 5. The van der Waals surface area contributed by atoms with Gasteiger partial charge < -0.3 is 14.5 Å². The Hall–Kier alpha value is -4.50. The number of nitrogens with one attached hydrogen (secondary N) is 1. The maximum absolute atomic E-state index is 13.1. The lowest BCUT2D eigenvalue weighted by Gasteiger charge is -2.22. The number of benzene rings is 3. The van der Waals surface area contributed by atoms with E-state index in [1.54, 1.807) is 0 Å². The van der Waals surface area contributed by atoms with Crippen molar-refractivity contribution in [2.75, 3.05) is 6.79 Å². The van der Waals surface area contributed by atoms with E-state index >= 15 is 0 Å². The second-order valence-corrected chi connectivity index (χ2v) is 9.79. The molecule has 3 heterocycles. The molecule has 1 aliphatic rings. The second kappa shape index (κ2) is 11.1. The van der Waals surface area contributed by atoms with E-state index in [-0.39, 0.29) is 12.4 Å². The maximum Gasteiger partial charge on any atom is 0.252 e. The highest BCUT2D eigenvalue weighted by molar-refractivity contribution is 5.79. The summed E-state index contributed by atoms with van der Waals surface area (Å²) >= 11 is 0. The first-order valence-electron chi connectivity index (χ1n) is 13.2. The molecule has 9 heteroatoms. The predicted octanol–water partition coefficient (Wildman–Crippen LogP) is 4.25. The van der Waals surface area contributed by atoms with E-state index in [0.29, 0.717) is 31.7 Å². The van der Waals surface area contributed by atoms with Gasteiger partial charge in [0, 0.05) is 30.7 Å². The number of pyridine rings is 1. The van der Waals surface area contributed by atoms with Crippen LogP contribution in [0.15, 0.2) is 77.6 Å². The molecule has 1 aliphatic heterocycles. The van der Waals surface area contributed by atoms with Crippen LogP contribution in [0.1, 0.15) is 35.0 Å². The molecule has 3 aromatic carbocycles. The number of nitrogens with zero attached hydrogens (tertiary/aromatic N) is 5. The number of fused-ring (bicyclic) bond motifs is 2. The quantitative estimate of drug-likeness (QED) is 0.293. The molecule has 0 aliphatic carbocycles. The number of aryl methyl sites for hydroxylation is 3. The lowest BCUT2D eigenvalue weighted by molar-refractivity contribution is 0.174. The van der Waals surface area contributed by atoms with Gasteiger partial charge in [-0.05, 0) is 75.7 Å². The van der Waals surface area contributed by atoms with E-state index in [0.717, 1.165) is 46.6 Å². The topological polar surface area (TPSA) is 98.2 Å². The first kappa shape index (κ1) is 24.8. The van der Waals surface area contributed by atoms with Crippen molar-refractivity contribution in [3.8, 4) is 11.5 Å². The van der Waals surface area contributed by atoms with Crippen molar-refractivity contribution >= 4 is 10.9 Å². The average molecular weight is 523 g/mol. The van der Waals surface area contributed by atoms with Crippen LogP contribution in [0.25, 0.3) is 10.9 Å².